The summed E-state index contributed by atoms with van der Waals surface area (Å²) in [5.74, 6) is -0.680. The second kappa shape index (κ2) is 3.71. The zero-order chi connectivity index (χ0) is 9.14. The second-order valence-corrected chi connectivity index (χ2v) is 2.70. The quantitative estimate of drug-likeness (QED) is 0.416. The third kappa shape index (κ3) is 1.85. The predicted octanol–water partition coefficient (Wildman–Crippen LogP) is 1.51. The van der Waals surface area contributed by atoms with E-state index in [1.54, 1.807) is 0 Å². The summed E-state index contributed by atoms with van der Waals surface area (Å²) in [6, 6.07) is 1.31. The van der Waals surface area contributed by atoms with E-state index >= 15 is 0 Å². The van der Waals surface area contributed by atoms with Crippen molar-refractivity contribution >= 4 is 29.1 Å². The number of nitrogens with one attached hydrogen (secondary N) is 1. The SMILES string of the molecule is O=C(NO)c1cnc(Cl)c(Cl)c1. The highest BCUT2D eigenvalue weighted by molar-refractivity contribution is 6.41. The third-order valence-corrected chi connectivity index (χ3v) is 1.85. The standard InChI is InChI=1S/C6H4Cl2N2O2/c7-4-1-3(6(11)10-12)2-9-5(4)8/h1-2,12H,(H,10,11). The van der Waals surface area contributed by atoms with Gasteiger partial charge in [0.15, 0.2) is 0 Å². The molecule has 0 aliphatic heterocycles. The van der Waals surface area contributed by atoms with Crippen molar-refractivity contribution in [2.24, 2.45) is 0 Å². The average Bonchev–Trinajstić information content (AvgIpc) is 2.08. The lowest BCUT2D eigenvalue weighted by atomic mass is 10.3. The molecule has 1 amide bonds. The molecule has 0 aliphatic rings. The van der Waals surface area contributed by atoms with Gasteiger partial charge in [0.1, 0.15) is 5.15 Å². The van der Waals surface area contributed by atoms with Crippen LogP contribution in [0.5, 0.6) is 0 Å². The predicted molar refractivity (Wildman–Crippen MR) is 43.5 cm³/mol. The maximum atomic E-state index is 10.8. The summed E-state index contributed by atoms with van der Waals surface area (Å²) in [7, 11) is 0. The van der Waals surface area contributed by atoms with Crippen molar-refractivity contribution < 1.29 is 10.0 Å². The number of nitrogens with zero attached hydrogens (tertiary/aromatic N) is 1. The normalized spacial score (nSPS) is 9.58. The van der Waals surface area contributed by atoms with Crippen LogP contribution in [0, 0.1) is 0 Å². The van der Waals surface area contributed by atoms with E-state index in [0.717, 1.165) is 0 Å². The van der Waals surface area contributed by atoms with Gasteiger partial charge in [-0.1, -0.05) is 23.2 Å². The second-order valence-electron chi connectivity index (χ2n) is 1.94. The van der Waals surface area contributed by atoms with Gasteiger partial charge in [-0.15, -0.1) is 0 Å². The molecule has 0 saturated carbocycles. The minimum atomic E-state index is -0.680. The van der Waals surface area contributed by atoms with Crippen molar-refractivity contribution in [2.75, 3.05) is 0 Å². The molecule has 0 aromatic carbocycles. The lowest BCUT2D eigenvalue weighted by Crippen LogP contribution is -2.18. The molecular formula is C6H4Cl2N2O2. The Morgan fingerprint density at radius 2 is 2.25 bits per heavy atom. The van der Waals surface area contributed by atoms with Crippen LogP contribution in [0.1, 0.15) is 10.4 Å². The maximum absolute atomic E-state index is 10.8. The largest absolute Gasteiger partial charge is 0.288 e. The van der Waals surface area contributed by atoms with Crippen LogP contribution < -0.4 is 5.48 Å². The third-order valence-electron chi connectivity index (χ3n) is 1.16. The Kier molecular flexibility index (Phi) is 2.86. The summed E-state index contributed by atoms with van der Waals surface area (Å²) in [6.45, 7) is 0. The van der Waals surface area contributed by atoms with Gasteiger partial charge in [-0.25, -0.2) is 10.5 Å². The molecule has 0 aliphatic carbocycles. The number of halogens is 2. The highest BCUT2D eigenvalue weighted by Crippen LogP contribution is 2.19. The summed E-state index contributed by atoms with van der Waals surface area (Å²) < 4.78 is 0. The molecule has 0 radical (unpaired) electrons. The molecule has 0 fully saturated rings. The first kappa shape index (κ1) is 9.25. The van der Waals surface area contributed by atoms with Crippen molar-refractivity contribution in [3.05, 3.63) is 28.0 Å². The molecule has 0 atom stereocenters. The molecule has 2 N–H and O–H groups in total. The monoisotopic (exact) mass is 206 g/mol. The molecule has 64 valence electrons. The first-order chi connectivity index (χ1) is 5.65. The summed E-state index contributed by atoms with van der Waals surface area (Å²) in [5.41, 5.74) is 1.59. The van der Waals surface area contributed by atoms with E-state index in [-0.39, 0.29) is 15.7 Å². The molecule has 1 aromatic heterocycles. The smallest absolute Gasteiger partial charge is 0.276 e. The fourth-order valence-corrected chi connectivity index (χ4v) is 0.880. The number of pyridine rings is 1. The Bertz CT molecular complexity index is 316. The van der Waals surface area contributed by atoms with Gasteiger partial charge in [0.25, 0.3) is 5.91 Å². The van der Waals surface area contributed by atoms with E-state index < -0.39 is 5.91 Å². The highest BCUT2D eigenvalue weighted by atomic mass is 35.5. The van der Waals surface area contributed by atoms with E-state index in [9.17, 15) is 4.79 Å². The van der Waals surface area contributed by atoms with Gasteiger partial charge in [0, 0.05) is 6.20 Å². The summed E-state index contributed by atoms with van der Waals surface area (Å²) in [6.07, 6.45) is 1.21. The van der Waals surface area contributed by atoms with E-state index in [1.807, 2.05) is 0 Å². The Balaban J connectivity index is 3.05. The lowest BCUT2D eigenvalue weighted by Gasteiger charge is -1.98. The topological polar surface area (TPSA) is 62.2 Å². The molecule has 0 bridgehead atoms. The Morgan fingerprint density at radius 1 is 1.58 bits per heavy atom. The van der Waals surface area contributed by atoms with Gasteiger partial charge in [-0.2, -0.15) is 0 Å². The van der Waals surface area contributed by atoms with Crippen LogP contribution in [0.4, 0.5) is 0 Å². The molecule has 0 saturated heterocycles. The summed E-state index contributed by atoms with van der Waals surface area (Å²) >= 11 is 11.1. The number of aromatic nitrogens is 1. The minimum Gasteiger partial charge on any atom is -0.288 e. The van der Waals surface area contributed by atoms with Crippen LogP contribution in [0.3, 0.4) is 0 Å². The molecule has 1 aromatic rings. The highest BCUT2D eigenvalue weighted by Gasteiger charge is 2.06. The summed E-state index contributed by atoms with van der Waals surface area (Å²) in [4.78, 5) is 14.4. The van der Waals surface area contributed by atoms with Crippen molar-refractivity contribution in [2.45, 2.75) is 0 Å². The van der Waals surface area contributed by atoms with Crippen LogP contribution in [0.2, 0.25) is 10.2 Å². The molecule has 6 heteroatoms. The van der Waals surface area contributed by atoms with E-state index in [4.69, 9.17) is 28.4 Å². The average molecular weight is 207 g/mol. The van der Waals surface area contributed by atoms with Crippen LogP contribution in [-0.4, -0.2) is 16.1 Å². The van der Waals surface area contributed by atoms with E-state index in [2.05, 4.69) is 4.98 Å². The first-order valence-electron chi connectivity index (χ1n) is 2.90. The van der Waals surface area contributed by atoms with E-state index in [1.165, 1.54) is 17.7 Å². The molecule has 0 spiro atoms. The molecule has 1 heterocycles. The van der Waals surface area contributed by atoms with Crippen molar-refractivity contribution in [1.29, 1.82) is 0 Å². The molecule has 1 rings (SSSR count). The first-order valence-corrected chi connectivity index (χ1v) is 3.66. The molecule has 4 nitrogen and oxygen atoms in total. The van der Waals surface area contributed by atoms with Gasteiger partial charge in [0.2, 0.25) is 0 Å². The number of carbonyl (C=O) groups is 1. The van der Waals surface area contributed by atoms with Crippen LogP contribution >= 0.6 is 23.2 Å². The van der Waals surface area contributed by atoms with Gasteiger partial charge < -0.3 is 0 Å². The number of hydrogen-bond acceptors (Lipinski definition) is 3. The Morgan fingerprint density at radius 3 is 2.75 bits per heavy atom. The number of hydrogen-bond donors (Lipinski definition) is 2. The molecule has 0 unspecified atom stereocenters. The number of hydroxylamine groups is 1. The van der Waals surface area contributed by atoms with Gasteiger partial charge >= 0.3 is 0 Å². The van der Waals surface area contributed by atoms with Gasteiger partial charge in [0.05, 0.1) is 10.6 Å². The van der Waals surface area contributed by atoms with Crippen molar-refractivity contribution in [3.63, 3.8) is 0 Å². The van der Waals surface area contributed by atoms with Crippen LogP contribution in [0.15, 0.2) is 12.3 Å². The van der Waals surface area contributed by atoms with Crippen LogP contribution in [-0.2, 0) is 0 Å². The molecule has 12 heavy (non-hydrogen) atoms. The number of rotatable bonds is 1. The number of amides is 1. The fraction of sp³-hybridized carbons (Fsp3) is 0. The van der Waals surface area contributed by atoms with Crippen molar-refractivity contribution in [1.82, 2.24) is 10.5 Å². The summed E-state index contributed by atoms with van der Waals surface area (Å²) in [5, 5.41) is 8.53. The Hall–Kier alpha value is -0.840. The zero-order valence-electron chi connectivity index (χ0n) is 5.71. The fourth-order valence-electron chi connectivity index (χ4n) is 0.610. The number of carbonyl (C=O) groups excluding carboxylic acids is 1. The molecular weight excluding hydrogens is 203 g/mol. The van der Waals surface area contributed by atoms with Crippen molar-refractivity contribution in [3.8, 4) is 0 Å². The van der Waals surface area contributed by atoms with E-state index in [0.29, 0.717) is 0 Å². The lowest BCUT2D eigenvalue weighted by molar-refractivity contribution is 0.0706. The Labute approximate surface area is 78.1 Å². The van der Waals surface area contributed by atoms with Gasteiger partial charge in [-0.3, -0.25) is 10.0 Å². The maximum Gasteiger partial charge on any atom is 0.276 e. The van der Waals surface area contributed by atoms with Gasteiger partial charge in [-0.05, 0) is 6.07 Å². The zero-order valence-corrected chi connectivity index (χ0v) is 7.23. The minimum absolute atomic E-state index is 0.117. The van der Waals surface area contributed by atoms with Crippen LogP contribution in [0.25, 0.3) is 0 Å².